The number of carbonyl (C=O) groups is 1. The van der Waals surface area contributed by atoms with Gasteiger partial charge < -0.3 is 11.1 Å². The summed E-state index contributed by atoms with van der Waals surface area (Å²) in [7, 11) is 0. The average Bonchev–Trinajstić information content (AvgIpc) is 2.89. The second kappa shape index (κ2) is 6.51. The SMILES string of the molecule is N#CC1(NC(=O)CSc2cc(Br)ccc2N)CCCC1. The predicted octanol–water partition coefficient (Wildman–Crippen LogP) is 3.08. The zero-order chi connectivity index (χ0) is 14.6. The van der Waals surface area contributed by atoms with Gasteiger partial charge in [0.25, 0.3) is 0 Å². The minimum atomic E-state index is -0.652. The van der Waals surface area contributed by atoms with Gasteiger partial charge in [-0.05, 0) is 43.9 Å². The second-order valence-corrected chi connectivity index (χ2v) is 6.85. The van der Waals surface area contributed by atoms with Gasteiger partial charge in [-0.15, -0.1) is 11.8 Å². The maximum absolute atomic E-state index is 12.0. The molecular formula is C14H16BrN3OS. The van der Waals surface area contributed by atoms with Crippen LogP contribution in [0.15, 0.2) is 27.6 Å². The van der Waals surface area contributed by atoms with Crippen molar-refractivity contribution in [3.05, 3.63) is 22.7 Å². The molecule has 1 aliphatic rings. The third-order valence-electron chi connectivity index (χ3n) is 3.38. The molecule has 0 aromatic heterocycles. The van der Waals surface area contributed by atoms with Crippen molar-refractivity contribution in [3.8, 4) is 6.07 Å². The summed E-state index contributed by atoms with van der Waals surface area (Å²) in [5.41, 5.74) is 5.87. The first kappa shape index (κ1) is 15.2. The Labute approximate surface area is 131 Å². The topological polar surface area (TPSA) is 78.9 Å². The molecule has 1 saturated carbocycles. The van der Waals surface area contributed by atoms with E-state index >= 15 is 0 Å². The van der Waals surface area contributed by atoms with Crippen molar-refractivity contribution in [1.29, 1.82) is 5.26 Å². The lowest BCUT2D eigenvalue weighted by Crippen LogP contribution is -2.45. The molecule has 0 aliphatic heterocycles. The molecule has 106 valence electrons. The third-order valence-corrected chi connectivity index (χ3v) is 4.95. The summed E-state index contributed by atoms with van der Waals surface area (Å²) in [4.78, 5) is 12.9. The standard InChI is InChI=1S/C14H16BrN3OS/c15-10-3-4-11(17)12(7-10)20-8-13(19)18-14(9-16)5-1-2-6-14/h3-4,7H,1-2,5-6,8,17H2,(H,18,19). The smallest absolute Gasteiger partial charge is 0.231 e. The lowest BCUT2D eigenvalue weighted by atomic mass is 10.0. The first-order chi connectivity index (χ1) is 9.54. The van der Waals surface area contributed by atoms with E-state index in [1.165, 1.54) is 11.8 Å². The van der Waals surface area contributed by atoms with Gasteiger partial charge in [0, 0.05) is 15.1 Å². The molecule has 4 nitrogen and oxygen atoms in total. The van der Waals surface area contributed by atoms with Crippen LogP contribution in [0, 0.1) is 11.3 Å². The number of hydrogen-bond donors (Lipinski definition) is 2. The van der Waals surface area contributed by atoms with Crippen molar-refractivity contribution in [2.45, 2.75) is 36.1 Å². The van der Waals surface area contributed by atoms with E-state index in [4.69, 9.17) is 5.73 Å². The van der Waals surface area contributed by atoms with Crippen LogP contribution in [0.2, 0.25) is 0 Å². The maximum Gasteiger partial charge on any atom is 0.231 e. The van der Waals surface area contributed by atoms with E-state index in [0.29, 0.717) is 5.69 Å². The Morgan fingerprint density at radius 3 is 2.85 bits per heavy atom. The summed E-state index contributed by atoms with van der Waals surface area (Å²) < 4.78 is 0.930. The van der Waals surface area contributed by atoms with Crippen molar-refractivity contribution in [2.75, 3.05) is 11.5 Å². The number of nitrogen functional groups attached to an aromatic ring is 1. The van der Waals surface area contributed by atoms with E-state index in [1.807, 2.05) is 12.1 Å². The van der Waals surface area contributed by atoms with Crippen molar-refractivity contribution in [3.63, 3.8) is 0 Å². The Balaban J connectivity index is 1.92. The van der Waals surface area contributed by atoms with E-state index in [1.54, 1.807) is 6.07 Å². The molecule has 1 fully saturated rings. The summed E-state index contributed by atoms with van der Waals surface area (Å²) in [5, 5.41) is 12.1. The minimum Gasteiger partial charge on any atom is -0.398 e. The van der Waals surface area contributed by atoms with E-state index in [0.717, 1.165) is 35.1 Å². The lowest BCUT2D eigenvalue weighted by molar-refractivity contribution is -0.119. The van der Waals surface area contributed by atoms with Crippen LogP contribution in [0.5, 0.6) is 0 Å². The fourth-order valence-electron chi connectivity index (χ4n) is 2.32. The third kappa shape index (κ3) is 3.68. The molecule has 1 aromatic rings. The highest BCUT2D eigenvalue weighted by Crippen LogP contribution is 2.30. The fraction of sp³-hybridized carbons (Fsp3) is 0.429. The summed E-state index contributed by atoms with van der Waals surface area (Å²) in [6, 6.07) is 7.81. The van der Waals surface area contributed by atoms with Gasteiger partial charge in [-0.3, -0.25) is 4.79 Å². The summed E-state index contributed by atoms with van der Waals surface area (Å²) in [5.74, 6) is 0.155. The highest BCUT2D eigenvalue weighted by molar-refractivity contribution is 9.10. The maximum atomic E-state index is 12.0. The summed E-state index contributed by atoms with van der Waals surface area (Å²) in [6.07, 6.45) is 3.50. The molecule has 0 heterocycles. The Morgan fingerprint density at radius 1 is 1.50 bits per heavy atom. The number of amides is 1. The lowest BCUT2D eigenvalue weighted by Gasteiger charge is -2.21. The predicted molar refractivity (Wildman–Crippen MR) is 84.2 cm³/mol. The molecule has 0 saturated heterocycles. The Morgan fingerprint density at radius 2 is 2.20 bits per heavy atom. The Bertz CT molecular complexity index is 550. The molecule has 0 unspecified atom stereocenters. The number of thioether (sulfide) groups is 1. The van der Waals surface area contributed by atoms with E-state index in [2.05, 4.69) is 27.3 Å². The second-order valence-electron chi connectivity index (χ2n) is 4.92. The van der Waals surface area contributed by atoms with Gasteiger partial charge in [-0.25, -0.2) is 0 Å². The number of rotatable bonds is 4. The summed E-state index contributed by atoms with van der Waals surface area (Å²) >= 11 is 4.77. The van der Waals surface area contributed by atoms with Crippen LogP contribution in [-0.4, -0.2) is 17.2 Å². The van der Waals surface area contributed by atoms with Crippen molar-refractivity contribution >= 4 is 39.3 Å². The number of nitrogens with zero attached hydrogens (tertiary/aromatic N) is 1. The normalized spacial score (nSPS) is 16.6. The van der Waals surface area contributed by atoms with Crippen LogP contribution in [0.4, 0.5) is 5.69 Å². The number of nitrogens with one attached hydrogen (secondary N) is 1. The monoisotopic (exact) mass is 353 g/mol. The highest BCUT2D eigenvalue weighted by Gasteiger charge is 2.35. The molecule has 0 spiro atoms. The van der Waals surface area contributed by atoms with Crippen LogP contribution in [0.25, 0.3) is 0 Å². The van der Waals surface area contributed by atoms with Crippen LogP contribution in [0.1, 0.15) is 25.7 Å². The van der Waals surface area contributed by atoms with Crippen LogP contribution in [-0.2, 0) is 4.79 Å². The van der Waals surface area contributed by atoms with Crippen LogP contribution >= 0.6 is 27.7 Å². The summed E-state index contributed by atoms with van der Waals surface area (Å²) in [6.45, 7) is 0. The quantitative estimate of drug-likeness (QED) is 0.643. The largest absolute Gasteiger partial charge is 0.398 e. The Hall–Kier alpha value is -1.19. The van der Waals surface area contributed by atoms with Crippen molar-refractivity contribution < 1.29 is 4.79 Å². The van der Waals surface area contributed by atoms with E-state index in [9.17, 15) is 10.1 Å². The molecule has 1 aromatic carbocycles. The molecule has 20 heavy (non-hydrogen) atoms. The van der Waals surface area contributed by atoms with Gasteiger partial charge in [0.2, 0.25) is 5.91 Å². The number of nitriles is 1. The zero-order valence-electron chi connectivity index (χ0n) is 11.0. The van der Waals surface area contributed by atoms with Gasteiger partial charge in [-0.2, -0.15) is 5.26 Å². The number of benzene rings is 1. The van der Waals surface area contributed by atoms with Gasteiger partial charge in [0.05, 0.1) is 11.8 Å². The number of carbonyl (C=O) groups excluding carboxylic acids is 1. The molecule has 0 radical (unpaired) electrons. The zero-order valence-corrected chi connectivity index (χ0v) is 13.4. The van der Waals surface area contributed by atoms with Gasteiger partial charge in [-0.1, -0.05) is 15.9 Å². The minimum absolute atomic E-state index is 0.113. The van der Waals surface area contributed by atoms with Crippen molar-refractivity contribution in [2.24, 2.45) is 0 Å². The van der Waals surface area contributed by atoms with E-state index in [-0.39, 0.29) is 11.7 Å². The Kier molecular flexibility index (Phi) is 4.95. The fourth-order valence-corrected chi connectivity index (χ4v) is 3.64. The molecule has 2 rings (SSSR count). The molecule has 3 N–H and O–H groups in total. The van der Waals surface area contributed by atoms with Gasteiger partial charge >= 0.3 is 0 Å². The average molecular weight is 354 g/mol. The number of anilines is 1. The highest BCUT2D eigenvalue weighted by atomic mass is 79.9. The van der Waals surface area contributed by atoms with Gasteiger partial charge in [0.15, 0.2) is 0 Å². The van der Waals surface area contributed by atoms with Crippen LogP contribution in [0.3, 0.4) is 0 Å². The van der Waals surface area contributed by atoms with Crippen LogP contribution < -0.4 is 11.1 Å². The first-order valence-electron chi connectivity index (χ1n) is 6.45. The molecule has 0 bridgehead atoms. The number of nitrogens with two attached hydrogens (primary N) is 1. The molecule has 0 atom stereocenters. The van der Waals surface area contributed by atoms with Gasteiger partial charge in [0.1, 0.15) is 5.54 Å². The van der Waals surface area contributed by atoms with Crippen molar-refractivity contribution in [1.82, 2.24) is 5.32 Å². The molecular weight excluding hydrogens is 338 g/mol. The number of hydrogen-bond acceptors (Lipinski definition) is 4. The number of halogens is 1. The molecule has 6 heteroatoms. The van der Waals surface area contributed by atoms with E-state index < -0.39 is 5.54 Å². The first-order valence-corrected chi connectivity index (χ1v) is 8.23. The molecule has 1 amide bonds. The molecule has 1 aliphatic carbocycles.